The Labute approximate surface area is 150 Å². The highest BCUT2D eigenvalue weighted by atomic mass is 16.5. The molecule has 0 atom stereocenters. The summed E-state index contributed by atoms with van der Waals surface area (Å²) in [6.45, 7) is -0.150. The molecule has 2 aliphatic carbocycles. The fraction of sp³-hybridized carbons (Fsp3) is 0.529. The number of esters is 1. The van der Waals surface area contributed by atoms with Gasteiger partial charge < -0.3 is 25.8 Å². The Kier molecular flexibility index (Phi) is 4.97. The van der Waals surface area contributed by atoms with E-state index >= 15 is 0 Å². The standard InChI is InChI=1S/C17H22N4O5/c1-25-13(22)9-20-16(24)21-10-5-17(6-10)7-11(8-17)26-15-12(14(18)23)3-2-4-19-15/h2-4,10-11H,5-9H2,1H3,(H2,18,23)(H2,20,21,24). The number of urea groups is 1. The van der Waals surface area contributed by atoms with Gasteiger partial charge in [0, 0.05) is 12.2 Å². The minimum Gasteiger partial charge on any atom is -0.474 e. The van der Waals surface area contributed by atoms with Gasteiger partial charge in [-0.1, -0.05) is 0 Å². The van der Waals surface area contributed by atoms with Crippen LogP contribution in [-0.4, -0.2) is 48.7 Å². The molecule has 0 saturated heterocycles. The SMILES string of the molecule is COC(=O)CNC(=O)NC1CC2(C1)CC(Oc1ncccc1C(N)=O)C2. The van der Waals surface area contributed by atoms with Crippen molar-refractivity contribution in [3.63, 3.8) is 0 Å². The van der Waals surface area contributed by atoms with E-state index in [1.54, 1.807) is 18.3 Å². The lowest BCUT2D eigenvalue weighted by atomic mass is 9.53. The molecular weight excluding hydrogens is 340 g/mol. The van der Waals surface area contributed by atoms with Gasteiger partial charge in [-0.05, 0) is 43.2 Å². The van der Waals surface area contributed by atoms with Crippen molar-refractivity contribution in [2.45, 2.75) is 37.8 Å². The first kappa shape index (κ1) is 18.0. The second-order valence-electron chi connectivity index (χ2n) is 6.88. The van der Waals surface area contributed by atoms with Crippen LogP contribution in [0.25, 0.3) is 0 Å². The van der Waals surface area contributed by atoms with Crippen molar-refractivity contribution in [1.82, 2.24) is 15.6 Å². The molecule has 0 bridgehead atoms. The average Bonchev–Trinajstić information content (AvgIpc) is 2.56. The Morgan fingerprint density at radius 2 is 2.04 bits per heavy atom. The van der Waals surface area contributed by atoms with Crippen molar-refractivity contribution in [3.8, 4) is 5.88 Å². The van der Waals surface area contributed by atoms with Gasteiger partial charge in [-0.25, -0.2) is 9.78 Å². The van der Waals surface area contributed by atoms with E-state index in [-0.39, 0.29) is 41.6 Å². The topological polar surface area (TPSA) is 133 Å². The summed E-state index contributed by atoms with van der Waals surface area (Å²) >= 11 is 0. The minimum absolute atomic E-state index is 0.00268. The summed E-state index contributed by atoms with van der Waals surface area (Å²) in [4.78, 5) is 38.1. The maximum Gasteiger partial charge on any atom is 0.325 e. The van der Waals surface area contributed by atoms with Crippen LogP contribution in [0.1, 0.15) is 36.0 Å². The molecule has 0 radical (unpaired) electrons. The van der Waals surface area contributed by atoms with E-state index in [9.17, 15) is 14.4 Å². The fourth-order valence-corrected chi connectivity index (χ4v) is 3.70. The van der Waals surface area contributed by atoms with Crippen molar-refractivity contribution in [3.05, 3.63) is 23.9 Å². The molecule has 4 N–H and O–H groups in total. The zero-order chi connectivity index (χ0) is 18.7. The van der Waals surface area contributed by atoms with E-state index in [1.165, 1.54) is 7.11 Å². The third-order valence-corrected chi connectivity index (χ3v) is 4.95. The number of rotatable bonds is 6. The van der Waals surface area contributed by atoms with Gasteiger partial charge in [0.05, 0.1) is 7.11 Å². The molecule has 1 aromatic heterocycles. The smallest absolute Gasteiger partial charge is 0.325 e. The molecule has 1 spiro atoms. The molecule has 9 nitrogen and oxygen atoms in total. The molecule has 1 aromatic rings. The summed E-state index contributed by atoms with van der Waals surface area (Å²) in [6, 6.07) is 2.95. The summed E-state index contributed by atoms with van der Waals surface area (Å²) in [5.41, 5.74) is 5.78. The number of aromatic nitrogens is 1. The predicted molar refractivity (Wildman–Crippen MR) is 90.4 cm³/mol. The normalized spacial score (nSPS) is 26.2. The molecule has 9 heteroatoms. The van der Waals surface area contributed by atoms with Crippen molar-refractivity contribution in [2.75, 3.05) is 13.7 Å². The number of nitrogens with one attached hydrogen (secondary N) is 2. The first-order chi connectivity index (χ1) is 12.4. The van der Waals surface area contributed by atoms with Gasteiger partial charge in [0.25, 0.3) is 5.91 Å². The van der Waals surface area contributed by atoms with Crippen molar-refractivity contribution in [2.24, 2.45) is 11.1 Å². The Bertz CT molecular complexity index is 709. The van der Waals surface area contributed by atoms with Gasteiger partial charge in [0.15, 0.2) is 0 Å². The highest BCUT2D eigenvalue weighted by Crippen LogP contribution is 2.56. The van der Waals surface area contributed by atoms with E-state index in [2.05, 4.69) is 20.4 Å². The van der Waals surface area contributed by atoms with E-state index in [0.29, 0.717) is 0 Å². The third-order valence-electron chi connectivity index (χ3n) is 4.95. The Balaban J connectivity index is 1.40. The van der Waals surface area contributed by atoms with Gasteiger partial charge in [-0.3, -0.25) is 9.59 Å². The molecule has 3 amide bonds. The molecule has 26 heavy (non-hydrogen) atoms. The molecule has 0 aromatic carbocycles. The quantitative estimate of drug-likeness (QED) is 0.625. The van der Waals surface area contributed by atoms with E-state index in [0.717, 1.165) is 25.7 Å². The highest BCUT2D eigenvalue weighted by molar-refractivity contribution is 5.94. The summed E-state index contributed by atoms with van der Waals surface area (Å²) in [5.74, 6) is -0.780. The molecular formula is C17H22N4O5. The van der Waals surface area contributed by atoms with Crippen LogP contribution in [0.5, 0.6) is 5.88 Å². The van der Waals surface area contributed by atoms with Crippen molar-refractivity contribution < 1.29 is 23.9 Å². The first-order valence-electron chi connectivity index (χ1n) is 8.43. The van der Waals surface area contributed by atoms with E-state index in [4.69, 9.17) is 10.5 Å². The van der Waals surface area contributed by atoms with Gasteiger partial charge >= 0.3 is 12.0 Å². The Morgan fingerprint density at radius 3 is 2.69 bits per heavy atom. The van der Waals surface area contributed by atoms with Crippen LogP contribution < -0.4 is 21.1 Å². The van der Waals surface area contributed by atoms with Gasteiger partial charge in [-0.15, -0.1) is 0 Å². The average molecular weight is 362 g/mol. The lowest BCUT2D eigenvalue weighted by Crippen LogP contribution is -2.60. The maximum absolute atomic E-state index is 11.7. The summed E-state index contributed by atoms with van der Waals surface area (Å²) in [6.07, 6.45) is 4.99. The number of hydrogen-bond donors (Lipinski definition) is 3. The molecule has 0 unspecified atom stereocenters. The summed E-state index contributed by atoms with van der Waals surface area (Å²) in [5, 5.41) is 5.29. The third kappa shape index (κ3) is 3.87. The molecule has 1 heterocycles. The molecule has 2 fully saturated rings. The summed E-state index contributed by atoms with van der Waals surface area (Å²) in [7, 11) is 1.27. The van der Waals surface area contributed by atoms with E-state index < -0.39 is 11.9 Å². The highest BCUT2D eigenvalue weighted by Gasteiger charge is 2.54. The monoisotopic (exact) mass is 362 g/mol. The lowest BCUT2D eigenvalue weighted by Gasteiger charge is -2.57. The number of nitrogens with zero attached hydrogens (tertiary/aromatic N) is 1. The number of nitrogens with two attached hydrogens (primary N) is 1. The zero-order valence-electron chi connectivity index (χ0n) is 14.5. The molecule has 3 rings (SSSR count). The molecule has 2 saturated carbocycles. The van der Waals surface area contributed by atoms with Crippen LogP contribution in [-0.2, 0) is 9.53 Å². The summed E-state index contributed by atoms with van der Waals surface area (Å²) < 4.78 is 10.3. The number of amides is 3. The number of carbonyl (C=O) groups is 3. The Hall–Kier alpha value is -2.84. The van der Waals surface area contributed by atoms with Gasteiger partial charge in [0.1, 0.15) is 18.2 Å². The zero-order valence-corrected chi connectivity index (χ0v) is 14.5. The second kappa shape index (κ2) is 7.19. The number of primary amides is 1. The van der Waals surface area contributed by atoms with Crippen molar-refractivity contribution in [1.29, 1.82) is 0 Å². The van der Waals surface area contributed by atoms with Crippen molar-refractivity contribution >= 4 is 17.9 Å². The molecule has 0 aliphatic heterocycles. The van der Waals surface area contributed by atoms with Gasteiger partial charge in [-0.2, -0.15) is 0 Å². The number of carbonyl (C=O) groups excluding carboxylic acids is 3. The lowest BCUT2D eigenvalue weighted by molar-refractivity contribution is -0.139. The van der Waals surface area contributed by atoms with Gasteiger partial charge in [0.2, 0.25) is 5.88 Å². The van der Waals surface area contributed by atoms with Crippen LogP contribution in [0.4, 0.5) is 4.79 Å². The van der Waals surface area contributed by atoms with Crippen LogP contribution in [0, 0.1) is 5.41 Å². The first-order valence-corrected chi connectivity index (χ1v) is 8.43. The number of hydrogen-bond acceptors (Lipinski definition) is 6. The Morgan fingerprint density at radius 1 is 1.31 bits per heavy atom. The fourth-order valence-electron chi connectivity index (χ4n) is 3.70. The number of ether oxygens (including phenoxy) is 2. The van der Waals surface area contributed by atoms with Crippen LogP contribution in [0.3, 0.4) is 0 Å². The van der Waals surface area contributed by atoms with E-state index in [1.807, 2.05) is 0 Å². The maximum atomic E-state index is 11.7. The van der Waals surface area contributed by atoms with Crippen LogP contribution in [0.2, 0.25) is 0 Å². The number of pyridine rings is 1. The second-order valence-corrected chi connectivity index (χ2v) is 6.88. The van der Waals surface area contributed by atoms with Crippen LogP contribution in [0.15, 0.2) is 18.3 Å². The largest absolute Gasteiger partial charge is 0.474 e. The van der Waals surface area contributed by atoms with Crippen LogP contribution >= 0.6 is 0 Å². The predicted octanol–water partition coefficient (Wildman–Crippen LogP) is 0.343. The number of methoxy groups -OCH3 is 1. The minimum atomic E-state index is -0.562. The molecule has 2 aliphatic rings. The molecule has 140 valence electrons.